The number of amides is 1. The number of nitrogens with one attached hydrogen (secondary N) is 1. The summed E-state index contributed by atoms with van der Waals surface area (Å²) in [6.07, 6.45) is 3.14. The molecule has 128 valence electrons. The quantitative estimate of drug-likeness (QED) is 0.809. The summed E-state index contributed by atoms with van der Waals surface area (Å²) in [4.78, 5) is 15.8. The fourth-order valence-corrected chi connectivity index (χ4v) is 3.56. The van der Waals surface area contributed by atoms with Crippen LogP contribution in [0.5, 0.6) is 5.75 Å². The Bertz CT molecular complexity index is 810. The monoisotopic (exact) mass is 368 g/mol. The molecule has 1 heterocycles. The van der Waals surface area contributed by atoms with Crippen molar-refractivity contribution in [3.63, 3.8) is 0 Å². The molecule has 6 nitrogen and oxygen atoms in total. The lowest BCUT2D eigenvalue weighted by molar-refractivity contribution is -0.120. The number of hydrogen-bond donors (Lipinski definition) is 1. The minimum Gasteiger partial charge on any atom is -0.495 e. The fourth-order valence-electron chi connectivity index (χ4n) is 1.98. The molecule has 0 saturated heterocycles. The Morgan fingerprint density at radius 2 is 2.12 bits per heavy atom. The summed E-state index contributed by atoms with van der Waals surface area (Å²) in [5.41, 5.74) is 0.843. The number of halogens is 1. The Balaban J connectivity index is 1.92. The summed E-state index contributed by atoms with van der Waals surface area (Å²) in [5, 5.41) is 2.87. The number of carbonyl (C=O) groups excluding carboxylic acids is 1. The Morgan fingerprint density at radius 1 is 1.33 bits per heavy atom. The predicted molar refractivity (Wildman–Crippen MR) is 90.8 cm³/mol. The molecule has 0 saturated carbocycles. The predicted octanol–water partition coefficient (Wildman–Crippen LogP) is 2.22. The molecule has 2 aromatic rings. The highest BCUT2D eigenvalue weighted by Gasteiger charge is 2.18. The van der Waals surface area contributed by atoms with Gasteiger partial charge in [0.05, 0.1) is 22.8 Å². The van der Waals surface area contributed by atoms with E-state index in [4.69, 9.17) is 16.3 Å². The molecule has 0 fully saturated rings. The van der Waals surface area contributed by atoms with Gasteiger partial charge in [0.2, 0.25) is 5.91 Å². The van der Waals surface area contributed by atoms with Gasteiger partial charge in [0.25, 0.3) is 0 Å². The molecule has 1 N–H and O–H groups in total. The summed E-state index contributed by atoms with van der Waals surface area (Å²) in [7, 11) is -2.15. The maximum atomic E-state index is 12.3. The van der Waals surface area contributed by atoms with E-state index in [0.29, 0.717) is 12.3 Å². The highest BCUT2D eigenvalue weighted by molar-refractivity contribution is 7.91. The molecular weight excluding hydrogens is 352 g/mol. The average molecular weight is 369 g/mol. The first-order valence-electron chi connectivity index (χ1n) is 7.14. The van der Waals surface area contributed by atoms with Gasteiger partial charge in [-0.2, -0.15) is 0 Å². The highest BCUT2D eigenvalue weighted by Crippen LogP contribution is 2.27. The summed E-state index contributed by atoms with van der Waals surface area (Å²) in [6.45, 7) is 0.307. The van der Waals surface area contributed by atoms with Crippen LogP contribution in [-0.4, -0.2) is 32.2 Å². The number of hydrogen-bond acceptors (Lipinski definition) is 5. The van der Waals surface area contributed by atoms with Crippen LogP contribution in [0.4, 0.5) is 0 Å². The average Bonchev–Trinajstić information content (AvgIpc) is 2.59. The molecule has 8 heteroatoms. The van der Waals surface area contributed by atoms with Gasteiger partial charge in [0.1, 0.15) is 5.75 Å². The van der Waals surface area contributed by atoms with Gasteiger partial charge in [-0.05, 0) is 29.8 Å². The van der Waals surface area contributed by atoms with Gasteiger partial charge in [0, 0.05) is 25.4 Å². The SMILES string of the molecule is COc1ccc(S(=O)(=O)CCC(=O)NCc2cccnc2)cc1Cl. The van der Waals surface area contributed by atoms with Crippen LogP contribution in [0.25, 0.3) is 0 Å². The molecule has 0 spiro atoms. The molecule has 0 unspecified atom stereocenters. The van der Waals surface area contributed by atoms with Gasteiger partial charge in [-0.1, -0.05) is 17.7 Å². The zero-order chi connectivity index (χ0) is 17.6. The first-order chi connectivity index (χ1) is 11.4. The second-order valence-corrected chi connectivity index (χ2v) is 7.52. The Labute approximate surface area is 145 Å². The van der Waals surface area contributed by atoms with Gasteiger partial charge in [-0.25, -0.2) is 8.42 Å². The zero-order valence-electron chi connectivity index (χ0n) is 13.0. The lowest BCUT2D eigenvalue weighted by atomic mass is 10.3. The number of carbonyl (C=O) groups is 1. The van der Waals surface area contributed by atoms with E-state index in [-0.39, 0.29) is 28.0 Å². The van der Waals surface area contributed by atoms with E-state index in [0.717, 1.165) is 5.56 Å². The summed E-state index contributed by atoms with van der Waals surface area (Å²) in [5.74, 6) is -0.249. The largest absolute Gasteiger partial charge is 0.495 e. The van der Waals surface area contributed by atoms with Gasteiger partial charge < -0.3 is 10.1 Å². The van der Waals surface area contributed by atoms with Crippen LogP contribution >= 0.6 is 11.6 Å². The van der Waals surface area contributed by atoms with E-state index in [1.807, 2.05) is 6.07 Å². The van der Waals surface area contributed by atoms with Crippen molar-refractivity contribution in [2.24, 2.45) is 0 Å². The molecule has 0 aliphatic heterocycles. The third-order valence-corrected chi connectivity index (χ3v) is 5.30. The van der Waals surface area contributed by atoms with Crippen molar-refractivity contribution in [2.45, 2.75) is 17.9 Å². The van der Waals surface area contributed by atoms with Crippen LogP contribution in [0.1, 0.15) is 12.0 Å². The Morgan fingerprint density at radius 3 is 2.75 bits per heavy atom. The van der Waals surface area contributed by atoms with E-state index >= 15 is 0 Å². The zero-order valence-corrected chi connectivity index (χ0v) is 14.6. The normalized spacial score (nSPS) is 11.1. The number of methoxy groups -OCH3 is 1. The van der Waals surface area contributed by atoms with Crippen molar-refractivity contribution < 1.29 is 17.9 Å². The summed E-state index contributed by atoms with van der Waals surface area (Å²) in [6, 6.07) is 7.80. The summed E-state index contributed by atoms with van der Waals surface area (Å²) < 4.78 is 29.5. The van der Waals surface area contributed by atoms with Gasteiger partial charge in [-0.3, -0.25) is 9.78 Å². The molecule has 0 bridgehead atoms. The molecule has 2 rings (SSSR count). The van der Waals surface area contributed by atoms with Gasteiger partial charge in [-0.15, -0.1) is 0 Å². The molecule has 1 aromatic heterocycles. The molecule has 1 amide bonds. The van der Waals surface area contributed by atoms with Crippen LogP contribution in [0.3, 0.4) is 0 Å². The van der Waals surface area contributed by atoms with Crippen molar-refractivity contribution in [3.05, 3.63) is 53.3 Å². The smallest absolute Gasteiger partial charge is 0.221 e. The standard InChI is InChI=1S/C16H17ClN2O4S/c1-23-15-5-4-13(9-14(15)17)24(21,22)8-6-16(20)19-11-12-3-2-7-18-10-12/h2-5,7,9-10H,6,8,11H2,1H3,(H,19,20). The van der Waals surface area contributed by atoms with Gasteiger partial charge in [0.15, 0.2) is 9.84 Å². The van der Waals surface area contributed by atoms with Crippen molar-refractivity contribution in [1.29, 1.82) is 0 Å². The maximum Gasteiger partial charge on any atom is 0.221 e. The molecule has 0 aliphatic rings. The van der Waals surface area contributed by atoms with E-state index in [9.17, 15) is 13.2 Å². The van der Waals surface area contributed by atoms with Crippen molar-refractivity contribution in [2.75, 3.05) is 12.9 Å². The third kappa shape index (κ3) is 4.94. The number of ether oxygens (including phenoxy) is 1. The molecule has 24 heavy (non-hydrogen) atoms. The van der Waals surface area contributed by atoms with E-state index < -0.39 is 9.84 Å². The number of pyridine rings is 1. The Kier molecular flexibility index (Phi) is 6.16. The first-order valence-corrected chi connectivity index (χ1v) is 9.17. The number of benzene rings is 1. The third-order valence-electron chi connectivity index (χ3n) is 3.29. The minimum absolute atomic E-state index is 0.0633. The van der Waals surface area contributed by atoms with Crippen LogP contribution in [0.15, 0.2) is 47.6 Å². The summed E-state index contributed by atoms with van der Waals surface area (Å²) >= 11 is 5.94. The molecular formula is C16H17ClN2O4S. The molecule has 0 aliphatic carbocycles. The minimum atomic E-state index is -3.60. The second kappa shape index (κ2) is 8.12. The maximum absolute atomic E-state index is 12.3. The van der Waals surface area contributed by atoms with Crippen molar-refractivity contribution in [1.82, 2.24) is 10.3 Å². The van der Waals surface area contributed by atoms with Crippen molar-refractivity contribution >= 4 is 27.3 Å². The van der Waals surface area contributed by atoms with E-state index in [1.165, 1.54) is 25.3 Å². The van der Waals surface area contributed by atoms with E-state index in [2.05, 4.69) is 10.3 Å². The highest BCUT2D eigenvalue weighted by atomic mass is 35.5. The van der Waals surface area contributed by atoms with Crippen LogP contribution in [-0.2, 0) is 21.2 Å². The number of rotatable bonds is 7. The number of sulfone groups is 1. The number of aromatic nitrogens is 1. The fraction of sp³-hybridized carbons (Fsp3) is 0.250. The first kappa shape index (κ1) is 18.2. The van der Waals surface area contributed by atoms with Crippen LogP contribution in [0, 0.1) is 0 Å². The van der Waals surface area contributed by atoms with Crippen LogP contribution in [0.2, 0.25) is 5.02 Å². The number of nitrogens with zero attached hydrogens (tertiary/aromatic N) is 1. The lowest BCUT2D eigenvalue weighted by Gasteiger charge is -2.08. The lowest BCUT2D eigenvalue weighted by Crippen LogP contribution is -2.25. The van der Waals surface area contributed by atoms with Crippen molar-refractivity contribution in [3.8, 4) is 5.75 Å². The Hall–Kier alpha value is -2.12. The van der Waals surface area contributed by atoms with Crippen LogP contribution < -0.4 is 10.1 Å². The van der Waals surface area contributed by atoms with Gasteiger partial charge >= 0.3 is 0 Å². The molecule has 1 aromatic carbocycles. The van der Waals surface area contributed by atoms with E-state index in [1.54, 1.807) is 18.5 Å². The molecule has 0 atom stereocenters. The molecule has 0 radical (unpaired) electrons. The second-order valence-electron chi connectivity index (χ2n) is 5.00. The topological polar surface area (TPSA) is 85.4 Å².